The zero-order valence-corrected chi connectivity index (χ0v) is 12.2. The van der Waals surface area contributed by atoms with E-state index in [1.54, 1.807) is 0 Å². The van der Waals surface area contributed by atoms with E-state index in [1.165, 1.54) is 0 Å². The molecule has 1 atom stereocenters. The third kappa shape index (κ3) is 4.82. The van der Waals surface area contributed by atoms with Gasteiger partial charge in [-0.3, -0.25) is 9.59 Å². The van der Waals surface area contributed by atoms with Crippen molar-refractivity contribution in [3.05, 3.63) is 0 Å². The van der Waals surface area contributed by atoms with E-state index < -0.39 is 5.41 Å². The Hall–Kier alpha value is -1.10. The highest BCUT2D eigenvalue weighted by Crippen LogP contribution is 2.19. The van der Waals surface area contributed by atoms with E-state index in [0.29, 0.717) is 6.42 Å². The Morgan fingerprint density at radius 2 is 2.00 bits per heavy atom. The van der Waals surface area contributed by atoms with Crippen LogP contribution in [0.4, 0.5) is 0 Å². The number of amides is 2. The molecule has 1 rings (SSSR count). The fraction of sp³-hybridized carbons (Fsp3) is 0.857. The zero-order chi connectivity index (χ0) is 14.5. The molecule has 5 heteroatoms. The van der Waals surface area contributed by atoms with Gasteiger partial charge in [-0.2, -0.15) is 0 Å². The molecule has 1 heterocycles. The van der Waals surface area contributed by atoms with Crippen molar-refractivity contribution < 1.29 is 14.7 Å². The molecule has 0 aromatic rings. The third-order valence-electron chi connectivity index (χ3n) is 3.49. The fourth-order valence-corrected chi connectivity index (χ4v) is 2.30. The standard InChI is InChI=1S/C14H26N2O3/c1-14(2,3)13(19)15-10-12(18)16-8-5-4-6-11(16)7-9-17/h11,17H,4-10H2,1-3H3,(H,15,19)/t11-/m0/s1. The van der Waals surface area contributed by atoms with Crippen LogP contribution in [0.3, 0.4) is 0 Å². The molecule has 110 valence electrons. The quantitative estimate of drug-likeness (QED) is 0.798. The number of likely N-dealkylation sites (tertiary alicyclic amines) is 1. The third-order valence-corrected chi connectivity index (χ3v) is 3.49. The largest absolute Gasteiger partial charge is 0.396 e. The first-order valence-electron chi connectivity index (χ1n) is 7.05. The molecule has 5 nitrogen and oxygen atoms in total. The number of nitrogens with one attached hydrogen (secondary N) is 1. The van der Waals surface area contributed by atoms with E-state index in [2.05, 4.69) is 5.32 Å². The number of carbonyl (C=O) groups is 2. The summed E-state index contributed by atoms with van der Waals surface area (Å²) in [4.78, 5) is 25.7. The molecule has 1 aliphatic heterocycles. The normalized spacial score (nSPS) is 20.2. The maximum atomic E-state index is 12.1. The maximum Gasteiger partial charge on any atom is 0.242 e. The second-order valence-corrected chi connectivity index (χ2v) is 6.18. The molecule has 0 aliphatic carbocycles. The molecular formula is C14H26N2O3. The Kier molecular flexibility index (Phi) is 5.79. The maximum absolute atomic E-state index is 12.1. The molecule has 1 aliphatic rings. The summed E-state index contributed by atoms with van der Waals surface area (Å²) in [6, 6.07) is 0.123. The van der Waals surface area contributed by atoms with Crippen molar-refractivity contribution in [1.29, 1.82) is 0 Å². The molecule has 2 amide bonds. The average Bonchev–Trinajstić information content (AvgIpc) is 2.35. The Labute approximate surface area is 115 Å². The van der Waals surface area contributed by atoms with Crippen LogP contribution in [0.1, 0.15) is 46.5 Å². The summed E-state index contributed by atoms with van der Waals surface area (Å²) in [5.41, 5.74) is -0.479. The minimum absolute atomic E-state index is 0.0456. The van der Waals surface area contributed by atoms with Gasteiger partial charge in [0, 0.05) is 24.6 Å². The molecule has 0 spiro atoms. The van der Waals surface area contributed by atoms with Crippen molar-refractivity contribution in [2.75, 3.05) is 19.7 Å². The smallest absolute Gasteiger partial charge is 0.242 e. The van der Waals surface area contributed by atoms with Crippen molar-refractivity contribution in [3.63, 3.8) is 0 Å². The molecule has 0 bridgehead atoms. The van der Waals surface area contributed by atoms with Crippen LogP contribution in [0.25, 0.3) is 0 Å². The molecule has 2 N–H and O–H groups in total. The van der Waals surface area contributed by atoms with Crippen LogP contribution in [0.2, 0.25) is 0 Å². The number of hydrogen-bond acceptors (Lipinski definition) is 3. The van der Waals surface area contributed by atoms with Crippen LogP contribution in [0, 0.1) is 5.41 Å². The van der Waals surface area contributed by atoms with Gasteiger partial charge < -0.3 is 15.3 Å². The highest BCUT2D eigenvalue weighted by atomic mass is 16.3. The first-order valence-corrected chi connectivity index (χ1v) is 7.05. The lowest BCUT2D eigenvalue weighted by Crippen LogP contribution is -2.49. The lowest BCUT2D eigenvalue weighted by Gasteiger charge is -2.35. The summed E-state index contributed by atoms with van der Waals surface area (Å²) in [5.74, 6) is -0.160. The average molecular weight is 270 g/mol. The molecular weight excluding hydrogens is 244 g/mol. The van der Waals surface area contributed by atoms with E-state index in [9.17, 15) is 9.59 Å². The van der Waals surface area contributed by atoms with Crippen LogP contribution < -0.4 is 5.32 Å². The zero-order valence-electron chi connectivity index (χ0n) is 12.2. The minimum atomic E-state index is -0.479. The molecule has 0 aromatic carbocycles. The second kappa shape index (κ2) is 6.89. The first-order chi connectivity index (χ1) is 8.86. The first kappa shape index (κ1) is 16.0. The van der Waals surface area contributed by atoms with Crippen molar-refractivity contribution >= 4 is 11.8 Å². The Morgan fingerprint density at radius 1 is 1.32 bits per heavy atom. The lowest BCUT2D eigenvalue weighted by molar-refractivity contribution is -0.137. The predicted octanol–water partition coefficient (Wildman–Crippen LogP) is 0.912. The lowest BCUT2D eigenvalue weighted by atomic mass is 9.95. The highest BCUT2D eigenvalue weighted by molar-refractivity contribution is 5.87. The van der Waals surface area contributed by atoms with E-state index in [4.69, 9.17) is 5.11 Å². The number of aliphatic hydroxyl groups is 1. The van der Waals surface area contributed by atoms with Gasteiger partial charge in [0.1, 0.15) is 0 Å². The summed E-state index contributed by atoms with van der Waals surface area (Å²) in [7, 11) is 0. The van der Waals surface area contributed by atoms with Crippen LogP contribution in [0.15, 0.2) is 0 Å². The van der Waals surface area contributed by atoms with E-state index in [0.717, 1.165) is 25.8 Å². The van der Waals surface area contributed by atoms with Crippen molar-refractivity contribution in [2.24, 2.45) is 5.41 Å². The van der Waals surface area contributed by atoms with Crippen LogP contribution in [0.5, 0.6) is 0 Å². The molecule has 0 aromatic heterocycles. The van der Waals surface area contributed by atoms with E-state index >= 15 is 0 Å². The molecule has 0 saturated carbocycles. The molecule has 1 fully saturated rings. The molecule has 19 heavy (non-hydrogen) atoms. The number of hydrogen-bond donors (Lipinski definition) is 2. The van der Waals surface area contributed by atoms with Crippen LogP contribution in [-0.4, -0.2) is 47.6 Å². The molecule has 0 radical (unpaired) electrons. The molecule has 0 unspecified atom stereocenters. The number of piperidine rings is 1. The second-order valence-electron chi connectivity index (χ2n) is 6.18. The highest BCUT2D eigenvalue weighted by Gasteiger charge is 2.27. The minimum Gasteiger partial charge on any atom is -0.396 e. The van der Waals surface area contributed by atoms with Gasteiger partial charge in [-0.05, 0) is 25.7 Å². The van der Waals surface area contributed by atoms with Gasteiger partial charge in [0.2, 0.25) is 11.8 Å². The Balaban J connectivity index is 2.49. The summed E-state index contributed by atoms with van der Waals surface area (Å²) < 4.78 is 0. The summed E-state index contributed by atoms with van der Waals surface area (Å²) >= 11 is 0. The fourth-order valence-electron chi connectivity index (χ4n) is 2.30. The van der Waals surface area contributed by atoms with Gasteiger partial charge in [0.15, 0.2) is 0 Å². The summed E-state index contributed by atoms with van der Waals surface area (Å²) in [5, 5.41) is 11.7. The van der Waals surface area contributed by atoms with E-state index in [-0.39, 0.29) is 31.0 Å². The Bertz CT molecular complexity index is 321. The summed E-state index contributed by atoms with van der Waals surface area (Å²) in [6.45, 7) is 6.35. The van der Waals surface area contributed by atoms with Crippen LogP contribution >= 0.6 is 0 Å². The number of carbonyl (C=O) groups excluding carboxylic acids is 2. The van der Waals surface area contributed by atoms with Crippen molar-refractivity contribution in [3.8, 4) is 0 Å². The Morgan fingerprint density at radius 3 is 2.58 bits per heavy atom. The monoisotopic (exact) mass is 270 g/mol. The van der Waals surface area contributed by atoms with Crippen LogP contribution in [-0.2, 0) is 9.59 Å². The van der Waals surface area contributed by atoms with Gasteiger partial charge >= 0.3 is 0 Å². The predicted molar refractivity (Wildman–Crippen MR) is 73.5 cm³/mol. The van der Waals surface area contributed by atoms with Crippen molar-refractivity contribution in [2.45, 2.75) is 52.5 Å². The number of aliphatic hydroxyl groups excluding tert-OH is 1. The topological polar surface area (TPSA) is 69.6 Å². The number of rotatable bonds is 4. The van der Waals surface area contributed by atoms with Gasteiger partial charge in [0.25, 0.3) is 0 Å². The summed E-state index contributed by atoms with van der Waals surface area (Å²) in [6.07, 6.45) is 3.67. The molecule has 1 saturated heterocycles. The number of nitrogens with zero attached hydrogens (tertiary/aromatic N) is 1. The SMILES string of the molecule is CC(C)(C)C(=O)NCC(=O)N1CCCC[C@H]1CCO. The van der Waals surface area contributed by atoms with Gasteiger partial charge in [-0.15, -0.1) is 0 Å². The van der Waals surface area contributed by atoms with E-state index in [1.807, 2.05) is 25.7 Å². The van der Waals surface area contributed by atoms with Gasteiger partial charge in [0.05, 0.1) is 6.54 Å². The van der Waals surface area contributed by atoms with Crippen molar-refractivity contribution in [1.82, 2.24) is 10.2 Å². The van der Waals surface area contributed by atoms with Gasteiger partial charge in [-0.1, -0.05) is 20.8 Å². The van der Waals surface area contributed by atoms with Gasteiger partial charge in [-0.25, -0.2) is 0 Å².